The number of aromatic nitrogens is 2. The second kappa shape index (κ2) is 8.13. The Morgan fingerprint density at radius 1 is 1.08 bits per heavy atom. The molecule has 5 heteroatoms. The first kappa shape index (κ1) is 18.1. The lowest BCUT2D eigenvalue weighted by atomic mass is 9.89. The van der Waals surface area contributed by atoms with E-state index in [9.17, 15) is 0 Å². The zero-order valence-corrected chi connectivity index (χ0v) is 15.6. The molecule has 0 spiro atoms. The van der Waals surface area contributed by atoms with Crippen LogP contribution in [-0.2, 0) is 29.8 Å². The van der Waals surface area contributed by atoms with Gasteiger partial charge in [-0.2, -0.15) is 5.10 Å². The van der Waals surface area contributed by atoms with E-state index in [4.69, 9.17) is 4.74 Å². The minimum Gasteiger partial charge on any atom is -0.379 e. The van der Waals surface area contributed by atoms with Crippen molar-refractivity contribution >= 4 is 0 Å². The smallest absolute Gasteiger partial charge is 0.0594 e. The molecule has 5 nitrogen and oxygen atoms in total. The summed E-state index contributed by atoms with van der Waals surface area (Å²) in [5.74, 6) is 0. The standard InChI is InChI=1S/C20H30N4O/c1-20(2,3)19-18(14-22-23-19)13-21-12-16-4-6-17(7-5-16)15-24-8-10-25-11-9-24/h4-7,14,21H,8-13,15H2,1-3H3,(H,22,23). The highest BCUT2D eigenvalue weighted by Gasteiger charge is 2.19. The number of aromatic amines is 1. The molecule has 2 heterocycles. The monoisotopic (exact) mass is 342 g/mol. The Morgan fingerprint density at radius 2 is 1.76 bits per heavy atom. The Balaban J connectivity index is 1.48. The third-order valence-electron chi connectivity index (χ3n) is 4.65. The van der Waals surface area contributed by atoms with Crippen molar-refractivity contribution in [1.29, 1.82) is 0 Å². The predicted molar refractivity (Wildman–Crippen MR) is 100 cm³/mol. The second-order valence-corrected chi connectivity index (χ2v) is 7.83. The van der Waals surface area contributed by atoms with Crippen LogP contribution >= 0.6 is 0 Å². The summed E-state index contributed by atoms with van der Waals surface area (Å²) in [6, 6.07) is 8.93. The van der Waals surface area contributed by atoms with Crippen molar-refractivity contribution in [2.24, 2.45) is 0 Å². The molecule has 2 aromatic rings. The van der Waals surface area contributed by atoms with E-state index in [0.717, 1.165) is 45.9 Å². The fourth-order valence-corrected chi connectivity index (χ4v) is 3.22. The fraction of sp³-hybridized carbons (Fsp3) is 0.550. The lowest BCUT2D eigenvalue weighted by Gasteiger charge is -2.26. The number of nitrogens with zero attached hydrogens (tertiary/aromatic N) is 2. The molecule has 1 aliphatic rings. The Bertz CT molecular complexity index is 651. The first-order chi connectivity index (χ1) is 12.0. The molecule has 3 rings (SSSR count). The van der Waals surface area contributed by atoms with Crippen molar-refractivity contribution in [1.82, 2.24) is 20.4 Å². The maximum Gasteiger partial charge on any atom is 0.0594 e. The van der Waals surface area contributed by atoms with E-state index < -0.39 is 0 Å². The second-order valence-electron chi connectivity index (χ2n) is 7.83. The van der Waals surface area contributed by atoms with Gasteiger partial charge >= 0.3 is 0 Å². The lowest BCUT2D eigenvalue weighted by Crippen LogP contribution is -2.35. The van der Waals surface area contributed by atoms with Gasteiger partial charge in [-0.05, 0) is 11.1 Å². The zero-order valence-electron chi connectivity index (χ0n) is 15.6. The third-order valence-corrected chi connectivity index (χ3v) is 4.65. The molecule has 136 valence electrons. The van der Waals surface area contributed by atoms with Crippen LogP contribution in [0.25, 0.3) is 0 Å². The van der Waals surface area contributed by atoms with Gasteiger partial charge in [-0.3, -0.25) is 10.00 Å². The summed E-state index contributed by atoms with van der Waals surface area (Å²) < 4.78 is 5.40. The van der Waals surface area contributed by atoms with Gasteiger partial charge in [0.05, 0.1) is 19.4 Å². The van der Waals surface area contributed by atoms with Crippen LogP contribution in [0.1, 0.15) is 43.2 Å². The molecule has 1 aromatic heterocycles. The maximum atomic E-state index is 5.40. The highest BCUT2D eigenvalue weighted by Crippen LogP contribution is 2.23. The summed E-state index contributed by atoms with van der Waals surface area (Å²) in [6.45, 7) is 13.1. The van der Waals surface area contributed by atoms with Crippen molar-refractivity contribution in [2.75, 3.05) is 26.3 Å². The Hall–Kier alpha value is -1.69. The van der Waals surface area contributed by atoms with Crippen LogP contribution in [-0.4, -0.2) is 41.4 Å². The highest BCUT2D eigenvalue weighted by atomic mass is 16.5. The summed E-state index contributed by atoms with van der Waals surface area (Å²) in [6.07, 6.45) is 1.93. The Kier molecular flexibility index (Phi) is 5.89. The van der Waals surface area contributed by atoms with E-state index in [1.165, 1.54) is 22.4 Å². The van der Waals surface area contributed by atoms with E-state index in [-0.39, 0.29) is 5.41 Å². The number of hydrogen-bond acceptors (Lipinski definition) is 4. The Labute approximate surface area is 150 Å². The van der Waals surface area contributed by atoms with Crippen LogP contribution in [0.4, 0.5) is 0 Å². The van der Waals surface area contributed by atoms with E-state index >= 15 is 0 Å². The largest absolute Gasteiger partial charge is 0.379 e. The number of rotatable bonds is 6. The zero-order chi connectivity index (χ0) is 17.7. The predicted octanol–water partition coefficient (Wildman–Crippen LogP) is 2.83. The van der Waals surface area contributed by atoms with E-state index in [2.05, 4.69) is 65.5 Å². The normalized spacial score (nSPS) is 16.3. The van der Waals surface area contributed by atoms with Gasteiger partial charge in [0.25, 0.3) is 0 Å². The van der Waals surface area contributed by atoms with Crippen LogP contribution in [0.5, 0.6) is 0 Å². The molecule has 0 atom stereocenters. The van der Waals surface area contributed by atoms with Gasteiger partial charge in [-0.1, -0.05) is 45.0 Å². The van der Waals surface area contributed by atoms with Gasteiger partial charge in [0.15, 0.2) is 0 Å². The quantitative estimate of drug-likeness (QED) is 0.848. The number of H-pyrrole nitrogens is 1. The molecule has 0 aliphatic carbocycles. The fourth-order valence-electron chi connectivity index (χ4n) is 3.22. The Morgan fingerprint density at radius 3 is 2.44 bits per heavy atom. The van der Waals surface area contributed by atoms with Crippen LogP contribution in [0.2, 0.25) is 0 Å². The minimum absolute atomic E-state index is 0.0919. The number of ether oxygens (including phenoxy) is 1. The van der Waals surface area contributed by atoms with Crippen molar-refractivity contribution in [3.8, 4) is 0 Å². The van der Waals surface area contributed by atoms with Gasteiger partial charge in [-0.15, -0.1) is 0 Å². The van der Waals surface area contributed by atoms with Crippen LogP contribution in [0.15, 0.2) is 30.5 Å². The average molecular weight is 342 g/mol. The van der Waals surface area contributed by atoms with E-state index in [1.54, 1.807) is 0 Å². The van der Waals surface area contributed by atoms with E-state index in [1.807, 2.05) is 6.20 Å². The molecule has 1 fully saturated rings. The van der Waals surface area contributed by atoms with Gasteiger partial charge in [-0.25, -0.2) is 0 Å². The first-order valence-corrected chi connectivity index (χ1v) is 9.14. The van der Waals surface area contributed by atoms with Crippen molar-refractivity contribution < 1.29 is 4.74 Å². The molecule has 0 saturated carbocycles. The van der Waals surface area contributed by atoms with Crippen molar-refractivity contribution in [3.63, 3.8) is 0 Å². The number of morpholine rings is 1. The summed E-state index contributed by atoms with van der Waals surface area (Å²) in [4.78, 5) is 2.45. The van der Waals surface area contributed by atoms with E-state index in [0.29, 0.717) is 0 Å². The molecule has 1 aromatic carbocycles. The van der Waals surface area contributed by atoms with Crippen LogP contribution < -0.4 is 5.32 Å². The van der Waals surface area contributed by atoms with Gasteiger partial charge in [0.1, 0.15) is 0 Å². The SMILES string of the molecule is CC(C)(C)c1[nH]ncc1CNCc1ccc(CN2CCOCC2)cc1. The molecule has 0 bridgehead atoms. The molecule has 1 aliphatic heterocycles. The molecular formula is C20H30N4O. The number of benzene rings is 1. The highest BCUT2D eigenvalue weighted by molar-refractivity contribution is 5.24. The van der Waals surface area contributed by atoms with Crippen molar-refractivity contribution in [3.05, 3.63) is 52.8 Å². The minimum atomic E-state index is 0.0919. The first-order valence-electron chi connectivity index (χ1n) is 9.14. The topological polar surface area (TPSA) is 53.2 Å². The molecular weight excluding hydrogens is 312 g/mol. The van der Waals surface area contributed by atoms with Crippen molar-refractivity contribution in [2.45, 2.75) is 45.8 Å². The molecule has 0 radical (unpaired) electrons. The molecule has 0 amide bonds. The summed E-state index contributed by atoms with van der Waals surface area (Å²) >= 11 is 0. The van der Waals surface area contributed by atoms with Crippen LogP contribution in [0, 0.1) is 0 Å². The van der Waals surface area contributed by atoms with Crippen LogP contribution in [0.3, 0.4) is 0 Å². The number of nitrogens with one attached hydrogen (secondary N) is 2. The molecule has 1 saturated heterocycles. The third kappa shape index (κ3) is 5.14. The number of hydrogen-bond donors (Lipinski definition) is 2. The summed E-state index contributed by atoms with van der Waals surface area (Å²) in [5.41, 5.74) is 5.23. The lowest BCUT2D eigenvalue weighted by molar-refractivity contribution is 0.0342. The molecule has 0 unspecified atom stereocenters. The molecule has 25 heavy (non-hydrogen) atoms. The average Bonchev–Trinajstić information content (AvgIpc) is 3.06. The summed E-state index contributed by atoms with van der Waals surface area (Å²) in [7, 11) is 0. The molecule has 2 N–H and O–H groups in total. The van der Waals surface area contributed by atoms with Gasteiger partial charge in [0.2, 0.25) is 0 Å². The summed E-state index contributed by atoms with van der Waals surface area (Å²) in [5, 5.41) is 10.9. The van der Waals surface area contributed by atoms with Gasteiger partial charge < -0.3 is 10.1 Å². The maximum absolute atomic E-state index is 5.40. The van der Waals surface area contributed by atoms with Gasteiger partial charge in [0, 0.05) is 49.4 Å².